The summed E-state index contributed by atoms with van der Waals surface area (Å²) in [5.74, 6) is 0. The van der Waals surface area contributed by atoms with Gasteiger partial charge in [-0.05, 0) is 17.5 Å². The molecule has 2 rings (SSSR count). The van der Waals surface area contributed by atoms with E-state index in [1.807, 2.05) is 32.3 Å². The Morgan fingerprint density at radius 3 is 2.69 bits per heavy atom. The largest absolute Gasteiger partial charge is 0.370 e. The van der Waals surface area contributed by atoms with Crippen molar-refractivity contribution in [3.8, 4) is 0 Å². The summed E-state index contributed by atoms with van der Waals surface area (Å²) in [6.07, 6.45) is 0. The van der Waals surface area contributed by atoms with Gasteiger partial charge in [0.25, 0.3) is 0 Å². The third kappa shape index (κ3) is 1.31. The average Bonchev–Trinajstić information content (AvgIpc) is 2.17. The lowest BCUT2D eigenvalue weighted by atomic mass is 10.1. The van der Waals surface area contributed by atoms with Crippen molar-refractivity contribution in [2.45, 2.75) is 0 Å². The van der Waals surface area contributed by atoms with E-state index in [-0.39, 0.29) is 0 Å². The van der Waals surface area contributed by atoms with Gasteiger partial charge in [0.15, 0.2) is 0 Å². The molecule has 0 aliphatic rings. The molecule has 0 heterocycles. The van der Waals surface area contributed by atoms with Crippen LogP contribution in [0.1, 0.15) is 0 Å². The summed E-state index contributed by atoms with van der Waals surface area (Å²) in [4.78, 5) is 2.05. The highest BCUT2D eigenvalue weighted by Gasteiger charge is 1.99. The third-order valence-corrected chi connectivity index (χ3v) is 2.08. The summed E-state index contributed by atoms with van der Waals surface area (Å²) in [6.45, 7) is 0. The molecule has 0 unspecified atom stereocenters. The van der Waals surface area contributed by atoms with E-state index in [0.29, 0.717) is 0 Å². The van der Waals surface area contributed by atoms with Crippen LogP contribution in [0.2, 0.25) is 0 Å². The molecule has 0 amide bonds. The van der Waals surface area contributed by atoms with E-state index in [2.05, 4.69) is 29.2 Å². The van der Waals surface area contributed by atoms with Crippen molar-refractivity contribution >= 4 is 16.5 Å². The highest BCUT2D eigenvalue weighted by Crippen LogP contribution is 2.21. The minimum absolute atomic E-state index is 1.10. The van der Waals surface area contributed by atoms with Gasteiger partial charge in [-0.25, -0.2) is 0 Å². The number of rotatable bonds is 1. The minimum atomic E-state index is 1.10. The summed E-state index contributed by atoms with van der Waals surface area (Å²) in [6, 6.07) is 16.4. The van der Waals surface area contributed by atoms with Gasteiger partial charge in [0, 0.05) is 19.5 Å². The first-order valence-electron chi connectivity index (χ1n) is 4.27. The molecule has 0 atom stereocenters. The molecule has 0 saturated carbocycles. The van der Waals surface area contributed by atoms with E-state index < -0.39 is 0 Å². The second kappa shape index (κ2) is 2.99. The van der Waals surface area contributed by atoms with Gasteiger partial charge in [-0.15, -0.1) is 0 Å². The van der Waals surface area contributed by atoms with E-state index in [4.69, 9.17) is 0 Å². The van der Waals surface area contributed by atoms with Gasteiger partial charge in [0.2, 0.25) is 0 Å². The summed E-state index contributed by atoms with van der Waals surface area (Å²) < 4.78 is 0. The van der Waals surface area contributed by atoms with Crippen molar-refractivity contribution in [1.82, 2.24) is 0 Å². The van der Waals surface area contributed by atoms with Gasteiger partial charge in [0.1, 0.15) is 0 Å². The predicted octanol–water partition coefficient (Wildman–Crippen LogP) is 2.51. The van der Waals surface area contributed by atoms with Crippen molar-refractivity contribution < 1.29 is 0 Å². The SMILES string of the molecule is CN(C)c1c#ccc2ccccc12. The van der Waals surface area contributed by atoms with Crippen molar-refractivity contribution in [3.05, 3.63) is 42.5 Å². The maximum absolute atomic E-state index is 3.11. The second-order valence-electron chi connectivity index (χ2n) is 3.24. The maximum atomic E-state index is 3.11. The number of hydrogen-bond donors (Lipinski definition) is 0. The maximum Gasteiger partial charge on any atom is 0.0957 e. The quantitative estimate of drug-likeness (QED) is 0.634. The molecule has 2 aromatic rings. The standard InChI is InChI=1S/C12H11N/c1-13(2)12-9-5-7-10-6-3-4-8-11(10)12/h3-4,6-8H,1-2H3. The third-order valence-electron chi connectivity index (χ3n) is 2.08. The highest BCUT2D eigenvalue weighted by molar-refractivity contribution is 5.92. The van der Waals surface area contributed by atoms with E-state index in [1.54, 1.807) is 0 Å². The fourth-order valence-corrected chi connectivity index (χ4v) is 1.44. The molecule has 64 valence electrons. The molecule has 0 spiro atoms. The Morgan fingerprint density at radius 1 is 1.15 bits per heavy atom. The van der Waals surface area contributed by atoms with Gasteiger partial charge in [-0.3, -0.25) is 0 Å². The van der Waals surface area contributed by atoms with Gasteiger partial charge in [-0.1, -0.05) is 30.3 Å². The molecule has 0 fully saturated rings. The lowest BCUT2D eigenvalue weighted by Crippen LogP contribution is -2.08. The van der Waals surface area contributed by atoms with Crippen molar-refractivity contribution in [2.75, 3.05) is 19.0 Å². The van der Waals surface area contributed by atoms with Crippen LogP contribution in [0, 0.1) is 12.1 Å². The number of fused-ring (bicyclic) bond motifs is 1. The molecule has 0 saturated heterocycles. The van der Waals surface area contributed by atoms with Crippen LogP contribution in [0.5, 0.6) is 0 Å². The van der Waals surface area contributed by atoms with Crippen LogP contribution in [-0.4, -0.2) is 14.1 Å². The Morgan fingerprint density at radius 2 is 1.92 bits per heavy atom. The van der Waals surface area contributed by atoms with Gasteiger partial charge in [0.05, 0.1) is 5.69 Å². The molecule has 1 heteroatoms. The Bertz CT molecular complexity index is 413. The Hall–Kier alpha value is -1.68. The van der Waals surface area contributed by atoms with Crippen LogP contribution in [-0.2, 0) is 0 Å². The summed E-state index contributed by atoms with van der Waals surface area (Å²) >= 11 is 0. The van der Waals surface area contributed by atoms with Crippen LogP contribution in [0.4, 0.5) is 5.69 Å². The zero-order valence-electron chi connectivity index (χ0n) is 7.83. The fraction of sp³-hybridized carbons (Fsp3) is 0.167. The smallest absolute Gasteiger partial charge is 0.0957 e. The number of anilines is 1. The lowest BCUT2D eigenvalue weighted by molar-refractivity contribution is 1.14. The van der Waals surface area contributed by atoms with Crippen molar-refractivity contribution in [3.63, 3.8) is 0 Å². The molecule has 1 nitrogen and oxygen atoms in total. The highest BCUT2D eigenvalue weighted by atomic mass is 15.1. The van der Waals surface area contributed by atoms with E-state index in [1.165, 1.54) is 10.8 Å². The first kappa shape index (κ1) is 7.94. The van der Waals surface area contributed by atoms with E-state index in [9.17, 15) is 0 Å². The molecule has 2 aromatic carbocycles. The number of nitrogens with zero attached hydrogens (tertiary/aromatic N) is 1. The second-order valence-corrected chi connectivity index (χ2v) is 3.24. The van der Waals surface area contributed by atoms with Crippen LogP contribution in [0.15, 0.2) is 30.3 Å². The molecule has 0 aromatic heterocycles. The van der Waals surface area contributed by atoms with E-state index in [0.717, 1.165) is 5.69 Å². The first-order valence-corrected chi connectivity index (χ1v) is 4.27. The molecule has 13 heavy (non-hydrogen) atoms. The lowest BCUT2D eigenvalue weighted by Gasteiger charge is -2.11. The fourth-order valence-electron chi connectivity index (χ4n) is 1.44. The van der Waals surface area contributed by atoms with Crippen LogP contribution < -0.4 is 4.90 Å². The van der Waals surface area contributed by atoms with Crippen molar-refractivity contribution in [2.24, 2.45) is 0 Å². The number of hydrogen-bond acceptors (Lipinski definition) is 1. The number of benzene rings is 1. The molecule has 0 radical (unpaired) electrons. The Labute approximate surface area is 78.6 Å². The minimum Gasteiger partial charge on any atom is -0.370 e. The topological polar surface area (TPSA) is 3.24 Å². The predicted molar refractivity (Wildman–Crippen MR) is 55.9 cm³/mol. The van der Waals surface area contributed by atoms with Gasteiger partial charge < -0.3 is 4.90 Å². The first-order chi connectivity index (χ1) is 6.29. The van der Waals surface area contributed by atoms with Crippen molar-refractivity contribution in [1.29, 1.82) is 0 Å². The van der Waals surface area contributed by atoms with Gasteiger partial charge in [-0.2, -0.15) is 0 Å². The van der Waals surface area contributed by atoms with Crippen LogP contribution in [0.3, 0.4) is 0 Å². The molecule has 0 bridgehead atoms. The summed E-state index contributed by atoms with van der Waals surface area (Å²) in [7, 11) is 4.04. The van der Waals surface area contributed by atoms with Gasteiger partial charge >= 0.3 is 0 Å². The average molecular weight is 169 g/mol. The normalized spacial score (nSPS) is 9.69. The summed E-state index contributed by atoms with van der Waals surface area (Å²) in [5, 5.41) is 2.44. The van der Waals surface area contributed by atoms with E-state index >= 15 is 0 Å². The molecular formula is C12H11N. The van der Waals surface area contributed by atoms with Crippen LogP contribution in [0.25, 0.3) is 10.8 Å². The zero-order valence-corrected chi connectivity index (χ0v) is 7.83. The zero-order chi connectivity index (χ0) is 9.26. The van der Waals surface area contributed by atoms with Crippen LogP contribution >= 0.6 is 0 Å². The molecule has 0 N–H and O–H groups in total. The monoisotopic (exact) mass is 169 g/mol. The Kier molecular flexibility index (Phi) is 1.83. The molecule has 0 aliphatic heterocycles. The molecule has 0 aliphatic carbocycles. The Balaban J connectivity index is 2.76. The molecular weight excluding hydrogens is 158 g/mol. The summed E-state index contributed by atoms with van der Waals surface area (Å²) in [5.41, 5.74) is 1.10.